The summed E-state index contributed by atoms with van der Waals surface area (Å²) in [5.74, 6) is 1.09. The fourth-order valence-electron chi connectivity index (χ4n) is 2.30. The van der Waals surface area contributed by atoms with Gasteiger partial charge in [-0.3, -0.25) is 0 Å². The second-order valence-corrected chi connectivity index (χ2v) is 4.92. The van der Waals surface area contributed by atoms with Crippen molar-refractivity contribution in [2.75, 3.05) is 14.2 Å². The number of aromatic amines is 1. The van der Waals surface area contributed by atoms with E-state index >= 15 is 0 Å². The fraction of sp³-hybridized carbons (Fsp3) is 0.111. The van der Waals surface area contributed by atoms with Crippen LogP contribution in [0.4, 0.5) is 0 Å². The van der Waals surface area contributed by atoms with Crippen LogP contribution < -0.4 is 4.74 Å². The van der Waals surface area contributed by atoms with Crippen molar-refractivity contribution >= 4 is 29.2 Å². The van der Waals surface area contributed by atoms with Gasteiger partial charge in [0.1, 0.15) is 17.1 Å². The molecule has 0 spiro atoms. The number of methoxy groups -OCH3 is 2. The van der Waals surface area contributed by atoms with E-state index in [-0.39, 0.29) is 0 Å². The van der Waals surface area contributed by atoms with Crippen molar-refractivity contribution in [2.24, 2.45) is 0 Å². The zero-order valence-corrected chi connectivity index (χ0v) is 12.9. The Morgan fingerprint density at radius 2 is 1.87 bits per heavy atom. The van der Waals surface area contributed by atoms with Crippen LogP contribution in [0.3, 0.4) is 0 Å². The van der Waals surface area contributed by atoms with Crippen LogP contribution in [-0.2, 0) is 4.74 Å². The number of nitrogens with one attached hydrogen (secondary N) is 1. The lowest BCUT2D eigenvalue weighted by molar-refractivity contribution is 0.0603. The van der Waals surface area contributed by atoms with Crippen molar-refractivity contribution in [3.63, 3.8) is 0 Å². The predicted molar refractivity (Wildman–Crippen MR) is 89.4 cm³/mol. The Labute approximate surface area is 133 Å². The molecule has 0 atom stereocenters. The van der Waals surface area contributed by atoms with Crippen molar-refractivity contribution < 1.29 is 14.3 Å². The third-order valence-electron chi connectivity index (χ3n) is 3.49. The molecule has 0 aliphatic carbocycles. The molecule has 0 amide bonds. The second kappa shape index (κ2) is 6.36. The Morgan fingerprint density at radius 3 is 2.57 bits per heavy atom. The maximum absolute atomic E-state index is 11.8. The number of benzene rings is 2. The first-order valence-electron chi connectivity index (χ1n) is 7.10. The summed E-state index contributed by atoms with van der Waals surface area (Å²) < 4.78 is 9.91. The molecule has 2 aromatic carbocycles. The number of esters is 1. The molecule has 1 heterocycles. The number of imidazole rings is 1. The van der Waals surface area contributed by atoms with E-state index in [1.165, 1.54) is 7.11 Å². The second-order valence-electron chi connectivity index (χ2n) is 4.92. The van der Waals surface area contributed by atoms with E-state index in [1.807, 2.05) is 42.5 Å². The molecule has 5 heteroatoms. The minimum atomic E-state index is -0.396. The first-order chi connectivity index (χ1) is 11.2. The minimum absolute atomic E-state index is 0.396. The number of H-pyrrole nitrogens is 1. The van der Waals surface area contributed by atoms with Gasteiger partial charge in [0.2, 0.25) is 0 Å². The molecule has 0 unspecified atom stereocenters. The summed E-state index contributed by atoms with van der Waals surface area (Å²) in [6.07, 6.45) is 3.80. The molecule has 3 rings (SSSR count). The molecule has 116 valence electrons. The number of nitrogens with zero attached hydrogens (tertiary/aromatic N) is 1. The standard InChI is InChI=1S/C18H16N2O3/c1-22-13-9-6-12(7-10-13)8-11-16-19-15-5-3-4-14(17(15)20-16)18(21)23-2/h3-11H,1-2H3,(H,19,20). The van der Waals surface area contributed by atoms with Crippen LogP contribution in [0.25, 0.3) is 23.2 Å². The van der Waals surface area contributed by atoms with Crippen LogP contribution in [0.1, 0.15) is 21.7 Å². The summed E-state index contributed by atoms with van der Waals surface area (Å²) >= 11 is 0. The first kappa shape index (κ1) is 14.8. The third kappa shape index (κ3) is 3.08. The quantitative estimate of drug-likeness (QED) is 0.749. The zero-order valence-electron chi connectivity index (χ0n) is 12.9. The normalized spacial score (nSPS) is 11.0. The largest absolute Gasteiger partial charge is 0.497 e. The summed E-state index contributed by atoms with van der Waals surface area (Å²) in [4.78, 5) is 19.4. The molecule has 5 nitrogen and oxygen atoms in total. The van der Waals surface area contributed by atoms with Gasteiger partial charge in [0.15, 0.2) is 0 Å². The van der Waals surface area contributed by atoms with Gasteiger partial charge in [0, 0.05) is 0 Å². The highest BCUT2D eigenvalue weighted by Gasteiger charge is 2.12. The van der Waals surface area contributed by atoms with Crippen LogP contribution in [0.2, 0.25) is 0 Å². The van der Waals surface area contributed by atoms with Crippen molar-refractivity contribution in [3.8, 4) is 5.75 Å². The summed E-state index contributed by atoms with van der Waals surface area (Å²) in [7, 11) is 3.00. The molecule has 0 radical (unpaired) electrons. The van der Waals surface area contributed by atoms with E-state index in [9.17, 15) is 4.79 Å². The maximum Gasteiger partial charge on any atom is 0.340 e. The molecule has 0 aliphatic heterocycles. The summed E-state index contributed by atoms with van der Waals surface area (Å²) in [5, 5.41) is 0. The number of carbonyl (C=O) groups is 1. The maximum atomic E-state index is 11.8. The van der Waals surface area contributed by atoms with Crippen LogP contribution in [0.15, 0.2) is 42.5 Å². The Balaban J connectivity index is 1.91. The number of aromatic nitrogens is 2. The highest BCUT2D eigenvalue weighted by Crippen LogP contribution is 2.19. The molecule has 0 saturated heterocycles. The van der Waals surface area contributed by atoms with Crippen LogP contribution in [-0.4, -0.2) is 30.2 Å². The third-order valence-corrected chi connectivity index (χ3v) is 3.49. The molecule has 0 aliphatic rings. The first-order valence-corrected chi connectivity index (χ1v) is 7.10. The van der Waals surface area contributed by atoms with E-state index in [0.29, 0.717) is 16.9 Å². The van der Waals surface area contributed by atoms with E-state index < -0.39 is 5.97 Å². The number of ether oxygens (including phenoxy) is 2. The van der Waals surface area contributed by atoms with Crippen molar-refractivity contribution in [1.82, 2.24) is 9.97 Å². The van der Waals surface area contributed by atoms with Crippen LogP contribution >= 0.6 is 0 Å². The van der Waals surface area contributed by atoms with Crippen LogP contribution in [0.5, 0.6) is 5.75 Å². The van der Waals surface area contributed by atoms with Gasteiger partial charge in [-0.2, -0.15) is 0 Å². The molecule has 0 saturated carbocycles. The number of fused-ring (bicyclic) bond motifs is 1. The van der Waals surface area contributed by atoms with Gasteiger partial charge in [-0.1, -0.05) is 24.3 Å². The van der Waals surface area contributed by atoms with E-state index in [4.69, 9.17) is 9.47 Å². The van der Waals surface area contributed by atoms with E-state index in [2.05, 4.69) is 9.97 Å². The van der Waals surface area contributed by atoms with E-state index in [1.54, 1.807) is 19.2 Å². The van der Waals surface area contributed by atoms with Gasteiger partial charge in [-0.15, -0.1) is 0 Å². The molecular weight excluding hydrogens is 292 g/mol. The SMILES string of the molecule is COC(=O)c1cccc2[nH]c(C=Cc3ccc(OC)cc3)nc12. The predicted octanol–water partition coefficient (Wildman–Crippen LogP) is 3.53. The highest BCUT2D eigenvalue weighted by atomic mass is 16.5. The molecule has 0 fully saturated rings. The molecular formula is C18H16N2O3. The minimum Gasteiger partial charge on any atom is -0.497 e. The number of hydrogen-bond donors (Lipinski definition) is 1. The summed E-state index contributed by atoms with van der Waals surface area (Å²) in [6.45, 7) is 0. The number of carbonyl (C=O) groups excluding carboxylic acids is 1. The van der Waals surface area contributed by atoms with Crippen molar-refractivity contribution in [1.29, 1.82) is 0 Å². The molecule has 1 N–H and O–H groups in total. The van der Waals surface area contributed by atoms with Gasteiger partial charge in [-0.25, -0.2) is 9.78 Å². The highest BCUT2D eigenvalue weighted by molar-refractivity contribution is 6.02. The average molecular weight is 308 g/mol. The van der Waals surface area contributed by atoms with Gasteiger partial charge >= 0.3 is 5.97 Å². The number of para-hydroxylation sites is 1. The Kier molecular flexibility index (Phi) is 4.10. The summed E-state index contributed by atoms with van der Waals surface area (Å²) in [6, 6.07) is 13.1. The lowest BCUT2D eigenvalue weighted by atomic mass is 10.2. The zero-order chi connectivity index (χ0) is 16.2. The molecule has 1 aromatic heterocycles. The molecule has 3 aromatic rings. The molecule has 0 bridgehead atoms. The monoisotopic (exact) mass is 308 g/mol. The Bertz CT molecular complexity index is 864. The number of rotatable bonds is 4. The topological polar surface area (TPSA) is 64.2 Å². The lowest BCUT2D eigenvalue weighted by Gasteiger charge is -1.98. The van der Waals surface area contributed by atoms with Gasteiger partial charge in [-0.05, 0) is 35.9 Å². The average Bonchev–Trinajstić information content (AvgIpc) is 3.02. The molecule has 23 heavy (non-hydrogen) atoms. The Morgan fingerprint density at radius 1 is 1.09 bits per heavy atom. The van der Waals surface area contributed by atoms with Gasteiger partial charge in [0.05, 0.1) is 25.3 Å². The van der Waals surface area contributed by atoms with Crippen molar-refractivity contribution in [3.05, 3.63) is 59.4 Å². The fourth-order valence-corrected chi connectivity index (χ4v) is 2.30. The van der Waals surface area contributed by atoms with Crippen LogP contribution in [0, 0.1) is 0 Å². The Hall–Kier alpha value is -3.08. The lowest BCUT2D eigenvalue weighted by Crippen LogP contribution is -2.01. The number of hydrogen-bond acceptors (Lipinski definition) is 4. The van der Waals surface area contributed by atoms with Gasteiger partial charge in [0.25, 0.3) is 0 Å². The van der Waals surface area contributed by atoms with E-state index in [0.717, 1.165) is 16.8 Å². The van der Waals surface area contributed by atoms with Crippen molar-refractivity contribution in [2.45, 2.75) is 0 Å². The van der Waals surface area contributed by atoms with Gasteiger partial charge < -0.3 is 14.5 Å². The smallest absolute Gasteiger partial charge is 0.340 e. The summed E-state index contributed by atoms with van der Waals surface area (Å²) in [5.41, 5.74) is 2.88.